The number of nitrogens with zero attached hydrogens (tertiary/aromatic N) is 1. The van der Waals surface area contributed by atoms with E-state index in [9.17, 15) is 13.6 Å². The highest BCUT2D eigenvalue weighted by atomic mass is 32.1. The van der Waals surface area contributed by atoms with Gasteiger partial charge in [0.1, 0.15) is 22.3 Å². The van der Waals surface area contributed by atoms with Gasteiger partial charge in [-0.1, -0.05) is 0 Å². The number of aromatic nitrogens is 1. The van der Waals surface area contributed by atoms with Crippen LogP contribution in [0.5, 0.6) is 0 Å². The van der Waals surface area contributed by atoms with Crippen molar-refractivity contribution >= 4 is 17.1 Å². The van der Waals surface area contributed by atoms with Crippen molar-refractivity contribution in [2.75, 3.05) is 0 Å². The number of carbonyl (C=O) groups excluding carboxylic acids is 1. The van der Waals surface area contributed by atoms with Crippen molar-refractivity contribution < 1.29 is 13.6 Å². The molecule has 1 aromatic carbocycles. The molecular formula is C13H9F2NOS. The van der Waals surface area contributed by atoms with E-state index in [1.165, 1.54) is 11.3 Å². The molecular weight excluding hydrogens is 256 g/mol. The van der Waals surface area contributed by atoms with Crippen LogP contribution in [0, 0.1) is 11.6 Å². The number of thiazole rings is 1. The Morgan fingerprint density at radius 3 is 2.83 bits per heavy atom. The third-order valence-corrected chi connectivity index (χ3v) is 4.08. The lowest BCUT2D eigenvalue weighted by atomic mass is 10.0. The minimum absolute atomic E-state index is 0.00411. The van der Waals surface area contributed by atoms with E-state index in [0.29, 0.717) is 17.1 Å². The summed E-state index contributed by atoms with van der Waals surface area (Å²) in [6, 6.07) is 3.26. The Hall–Kier alpha value is -1.62. The van der Waals surface area contributed by atoms with Gasteiger partial charge in [0.2, 0.25) is 0 Å². The molecule has 18 heavy (non-hydrogen) atoms. The molecule has 2 aromatic rings. The SMILES string of the molecule is O=C1CCCc2sc(-c3cc(F)ccc3F)nc21. The minimum atomic E-state index is -0.519. The average molecular weight is 265 g/mol. The summed E-state index contributed by atoms with van der Waals surface area (Å²) in [5.41, 5.74) is 0.562. The van der Waals surface area contributed by atoms with Gasteiger partial charge in [0, 0.05) is 16.9 Å². The normalized spacial score (nSPS) is 14.7. The molecule has 0 amide bonds. The number of halogens is 2. The smallest absolute Gasteiger partial charge is 0.182 e. The van der Waals surface area contributed by atoms with Gasteiger partial charge in [0.05, 0.1) is 0 Å². The highest BCUT2D eigenvalue weighted by Crippen LogP contribution is 2.34. The summed E-state index contributed by atoms with van der Waals surface area (Å²) in [6.07, 6.45) is 2.08. The van der Waals surface area contributed by atoms with Crippen LogP contribution in [0.25, 0.3) is 10.6 Å². The molecule has 0 saturated heterocycles. The fourth-order valence-corrected chi connectivity index (χ4v) is 3.18. The van der Waals surface area contributed by atoms with Crippen LogP contribution in [-0.2, 0) is 6.42 Å². The number of fused-ring (bicyclic) bond motifs is 1. The summed E-state index contributed by atoms with van der Waals surface area (Å²) in [6.45, 7) is 0. The summed E-state index contributed by atoms with van der Waals surface area (Å²) in [7, 11) is 0. The molecule has 0 atom stereocenters. The molecule has 0 unspecified atom stereocenters. The Kier molecular flexibility index (Phi) is 2.70. The molecule has 0 N–H and O–H groups in total. The molecule has 0 aliphatic heterocycles. The van der Waals surface area contributed by atoms with Crippen molar-refractivity contribution in [3.63, 3.8) is 0 Å². The second kappa shape index (κ2) is 4.24. The van der Waals surface area contributed by atoms with Crippen LogP contribution in [0.2, 0.25) is 0 Å². The Balaban J connectivity index is 2.13. The molecule has 5 heteroatoms. The fourth-order valence-electron chi connectivity index (χ4n) is 2.04. The molecule has 3 rings (SSSR count). The Morgan fingerprint density at radius 2 is 2.06 bits per heavy atom. The van der Waals surface area contributed by atoms with Crippen LogP contribution >= 0.6 is 11.3 Å². The minimum Gasteiger partial charge on any atom is -0.292 e. The molecule has 0 saturated carbocycles. The van der Waals surface area contributed by atoms with Crippen molar-refractivity contribution in [1.29, 1.82) is 0 Å². The van der Waals surface area contributed by atoms with Gasteiger partial charge >= 0.3 is 0 Å². The van der Waals surface area contributed by atoms with E-state index in [2.05, 4.69) is 4.98 Å². The van der Waals surface area contributed by atoms with E-state index in [4.69, 9.17) is 0 Å². The van der Waals surface area contributed by atoms with E-state index < -0.39 is 11.6 Å². The van der Waals surface area contributed by atoms with Crippen LogP contribution in [0.4, 0.5) is 8.78 Å². The maximum Gasteiger partial charge on any atom is 0.182 e. The molecule has 0 bridgehead atoms. The third-order valence-electron chi connectivity index (χ3n) is 2.93. The van der Waals surface area contributed by atoms with Crippen molar-refractivity contribution in [2.45, 2.75) is 19.3 Å². The van der Waals surface area contributed by atoms with Crippen LogP contribution in [0.15, 0.2) is 18.2 Å². The fraction of sp³-hybridized carbons (Fsp3) is 0.231. The van der Waals surface area contributed by atoms with Gasteiger partial charge in [0.15, 0.2) is 5.78 Å². The second-order valence-corrected chi connectivity index (χ2v) is 5.28. The Labute approximate surface area is 106 Å². The first-order chi connectivity index (χ1) is 8.65. The standard InChI is InChI=1S/C13H9F2NOS/c14-7-4-5-9(15)8(6-7)13-16-12-10(17)2-1-3-11(12)18-13/h4-6H,1-3H2. The monoisotopic (exact) mass is 265 g/mol. The van der Waals surface area contributed by atoms with Gasteiger partial charge in [-0.3, -0.25) is 4.79 Å². The molecule has 1 aromatic heterocycles. The summed E-state index contributed by atoms with van der Waals surface area (Å²) in [5, 5.41) is 0.382. The number of aryl methyl sites for hydroxylation is 1. The van der Waals surface area contributed by atoms with Crippen LogP contribution < -0.4 is 0 Å². The number of rotatable bonds is 1. The zero-order valence-electron chi connectivity index (χ0n) is 9.37. The second-order valence-electron chi connectivity index (χ2n) is 4.19. The summed E-state index contributed by atoms with van der Waals surface area (Å²) in [5.74, 6) is -1.03. The largest absolute Gasteiger partial charge is 0.292 e. The van der Waals surface area contributed by atoms with Crippen molar-refractivity contribution in [3.8, 4) is 10.6 Å². The van der Waals surface area contributed by atoms with Gasteiger partial charge in [-0.25, -0.2) is 13.8 Å². The molecule has 0 radical (unpaired) electrons. The molecule has 0 fully saturated rings. The Bertz CT molecular complexity index is 636. The highest BCUT2D eigenvalue weighted by Gasteiger charge is 2.23. The van der Waals surface area contributed by atoms with Gasteiger partial charge in [-0.15, -0.1) is 11.3 Å². The van der Waals surface area contributed by atoms with Crippen LogP contribution in [0.1, 0.15) is 28.2 Å². The molecule has 2 nitrogen and oxygen atoms in total. The number of carbonyl (C=O) groups is 1. The number of benzene rings is 1. The molecule has 0 spiro atoms. The van der Waals surface area contributed by atoms with Crippen molar-refractivity contribution in [2.24, 2.45) is 0 Å². The molecule has 1 heterocycles. The van der Waals surface area contributed by atoms with Crippen LogP contribution in [0.3, 0.4) is 0 Å². The lowest BCUT2D eigenvalue weighted by Gasteiger charge is -2.06. The Morgan fingerprint density at radius 1 is 1.22 bits per heavy atom. The maximum atomic E-state index is 13.6. The quantitative estimate of drug-likeness (QED) is 0.788. The van der Waals surface area contributed by atoms with Gasteiger partial charge in [0.25, 0.3) is 0 Å². The molecule has 1 aliphatic carbocycles. The molecule has 92 valence electrons. The van der Waals surface area contributed by atoms with Gasteiger partial charge in [-0.05, 0) is 31.0 Å². The number of hydrogen-bond donors (Lipinski definition) is 0. The predicted molar refractivity (Wildman–Crippen MR) is 64.7 cm³/mol. The number of Topliss-reactive ketones (excluding diaryl/α,β-unsaturated/α-hetero) is 1. The van der Waals surface area contributed by atoms with E-state index in [-0.39, 0.29) is 11.3 Å². The lowest BCUT2D eigenvalue weighted by molar-refractivity contribution is 0.0968. The summed E-state index contributed by atoms with van der Waals surface area (Å²) in [4.78, 5) is 16.7. The third kappa shape index (κ3) is 1.84. The zero-order chi connectivity index (χ0) is 12.7. The topological polar surface area (TPSA) is 30.0 Å². The summed E-state index contributed by atoms with van der Waals surface area (Å²) < 4.78 is 26.8. The first-order valence-electron chi connectivity index (χ1n) is 5.63. The first kappa shape index (κ1) is 11.5. The van der Waals surface area contributed by atoms with E-state index in [0.717, 1.165) is 35.9 Å². The highest BCUT2D eigenvalue weighted by molar-refractivity contribution is 7.15. The average Bonchev–Trinajstić information content (AvgIpc) is 2.77. The first-order valence-corrected chi connectivity index (χ1v) is 6.45. The zero-order valence-corrected chi connectivity index (χ0v) is 10.2. The van der Waals surface area contributed by atoms with Crippen LogP contribution in [-0.4, -0.2) is 10.8 Å². The predicted octanol–water partition coefficient (Wildman–Crippen LogP) is 3.61. The van der Waals surface area contributed by atoms with Gasteiger partial charge in [-0.2, -0.15) is 0 Å². The molecule has 1 aliphatic rings. The number of ketones is 1. The van der Waals surface area contributed by atoms with Crippen molar-refractivity contribution in [1.82, 2.24) is 4.98 Å². The lowest BCUT2D eigenvalue weighted by Crippen LogP contribution is -2.08. The number of hydrogen-bond acceptors (Lipinski definition) is 3. The van der Waals surface area contributed by atoms with Gasteiger partial charge < -0.3 is 0 Å². The maximum absolute atomic E-state index is 13.6. The summed E-state index contributed by atoms with van der Waals surface area (Å²) >= 11 is 1.28. The van der Waals surface area contributed by atoms with E-state index in [1.54, 1.807) is 0 Å². The van der Waals surface area contributed by atoms with E-state index >= 15 is 0 Å². The van der Waals surface area contributed by atoms with E-state index in [1.807, 2.05) is 0 Å². The van der Waals surface area contributed by atoms with Crippen molar-refractivity contribution in [3.05, 3.63) is 40.4 Å².